The van der Waals surface area contributed by atoms with Crippen LogP contribution in [0, 0.1) is 11.8 Å². The van der Waals surface area contributed by atoms with Gasteiger partial charge < -0.3 is 15.9 Å². The summed E-state index contributed by atoms with van der Waals surface area (Å²) < 4.78 is 43.8. The molecule has 0 radical (unpaired) electrons. The summed E-state index contributed by atoms with van der Waals surface area (Å²) >= 11 is 0. The molecule has 3 N–H and O–H groups in total. The second-order valence-corrected chi connectivity index (χ2v) is 8.97. The van der Waals surface area contributed by atoms with Gasteiger partial charge in [0.1, 0.15) is 0 Å². The third-order valence-corrected chi connectivity index (χ3v) is 6.34. The molecule has 37 heavy (non-hydrogen) atoms. The first-order chi connectivity index (χ1) is 17.4. The summed E-state index contributed by atoms with van der Waals surface area (Å²) in [6.07, 6.45) is -1.45. The number of Topliss-reactive ketones (excluding diaryl/α,β-unsaturated/α-hetero) is 2. The highest BCUT2D eigenvalue weighted by Gasteiger charge is 2.49. The number of esters is 1. The van der Waals surface area contributed by atoms with E-state index in [0.717, 1.165) is 11.1 Å². The van der Waals surface area contributed by atoms with Gasteiger partial charge in [0, 0.05) is 17.7 Å². The number of carbonyl (C=O) groups is 4. The normalized spacial score (nSPS) is 27.2. The maximum absolute atomic E-state index is 13.5. The molecular weight excluding hydrogens is 499 g/mol. The van der Waals surface area contributed by atoms with Gasteiger partial charge >= 0.3 is 18.1 Å². The van der Waals surface area contributed by atoms with Gasteiger partial charge in [0.25, 0.3) is 0 Å². The lowest BCUT2D eigenvalue weighted by atomic mass is 9.70. The van der Waals surface area contributed by atoms with E-state index in [4.69, 9.17) is 15.5 Å². The van der Waals surface area contributed by atoms with Gasteiger partial charge in [0.05, 0.1) is 24.1 Å². The number of ether oxygens (including phenoxy) is 1. The number of halogens is 3. The molecule has 0 aromatic heterocycles. The monoisotopic (exact) mass is 523 g/mol. The van der Waals surface area contributed by atoms with Crippen LogP contribution in [0.3, 0.4) is 0 Å². The standard InChI is InChI=1S/C24H24F3N3O7/c1-23(28)21(33)37-35-12-6-2-5-11-30(23)29-18-16(36-22(34)24(25,26)27)10-9-15-17(18)20(32)14-8-4-3-7-13(14)19(15)31/h3-4,7-10,15,17,29H,2,5-6,11-12,28H2,1H3/t15?,17?,23-/m0/s1. The molecule has 2 aliphatic carbocycles. The molecule has 1 saturated heterocycles. The van der Waals surface area contributed by atoms with E-state index in [2.05, 4.69) is 10.2 Å². The molecule has 13 heteroatoms. The molecule has 1 aliphatic heterocycles. The number of alkyl halides is 3. The Morgan fingerprint density at radius 3 is 2.49 bits per heavy atom. The quantitative estimate of drug-likeness (QED) is 0.449. The first-order valence-corrected chi connectivity index (χ1v) is 11.5. The van der Waals surface area contributed by atoms with E-state index in [9.17, 15) is 32.3 Å². The Labute approximate surface area is 209 Å². The largest absolute Gasteiger partial charge is 0.491 e. The Morgan fingerprint density at radius 2 is 1.81 bits per heavy atom. The Balaban J connectivity index is 1.80. The predicted molar refractivity (Wildman–Crippen MR) is 119 cm³/mol. The number of nitrogens with zero attached hydrogens (tertiary/aromatic N) is 1. The molecule has 1 heterocycles. The van der Waals surface area contributed by atoms with Crippen molar-refractivity contribution in [2.24, 2.45) is 17.6 Å². The topological polar surface area (TPSA) is 137 Å². The fraction of sp³-hybridized carbons (Fsp3) is 0.417. The number of nitrogens with one attached hydrogen (secondary N) is 1. The highest BCUT2D eigenvalue weighted by molar-refractivity contribution is 6.17. The van der Waals surface area contributed by atoms with Crippen molar-refractivity contribution in [3.8, 4) is 0 Å². The van der Waals surface area contributed by atoms with E-state index < -0.39 is 52.9 Å². The maximum atomic E-state index is 13.5. The molecule has 198 valence electrons. The number of hydrogen-bond acceptors (Lipinski definition) is 10. The van der Waals surface area contributed by atoms with Crippen molar-refractivity contribution in [1.29, 1.82) is 0 Å². The van der Waals surface area contributed by atoms with E-state index >= 15 is 0 Å². The number of hydrazine groups is 1. The van der Waals surface area contributed by atoms with Crippen molar-refractivity contribution in [2.45, 2.75) is 38.0 Å². The molecule has 2 unspecified atom stereocenters. The van der Waals surface area contributed by atoms with Crippen molar-refractivity contribution < 1.29 is 46.9 Å². The number of carbonyl (C=O) groups excluding carboxylic acids is 4. The molecule has 3 atom stereocenters. The zero-order valence-electron chi connectivity index (χ0n) is 19.7. The van der Waals surface area contributed by atoms with Gasteiger partial charge in [-0.15, -0.1) is 0 Å². The average Bonchev–Trinajstić information content (AvgIpc) is 2.85. The number of benzene rings is 1. The van der Waals surface area contributed by atoms with Crippen LogP contribution in [0.5, 0.6) is 0 Å². The van der Waals surface area contributed by atoms with Crippen LogP contribution in [-0.4, -0.2) is 53.5 Å². The third kappa shape index (κ3) is 5.15. The molecule has 1 fully saturated rings. The molecule has 0 spiro atoms. The van der Waals surface area contributed by atoms with Crippen LogP contribution < -0.4 is 11.2 Å². The van der Waals surface area contributed by atoms with Crippen molar-refractivity contribution in [3.63, 3.8) is 0 Å². The zero-order valence-corrected chi connectivity index (χ0v) is 19.7. The van der Waals surface area contributed by atoms with Crippen molar-refractivity contribution >= 4 is 23.5 Å². The number of fused-ring (bicyclic) bond motifs is 2. The van der Waals surface area contributed by atoms with E-state index in [1.807, 2.05) is 0 Å². The minimum Gasteiger partial charge on any atom is -0.418 e. The number of hydrogen-bond donors (Lipinski definition) is 2. The van der Waals surface area contributed by atoms with Gasteiger partial charge in [-0.1, -0.05) is 30.3 Å². The van der Waals surface area contributed by atoms with Gasteiger partial charge in [-0.3, -0.25) is 14.5 Å². The molecule has 10 nitrogen and oxygen atoms in total. The Hall–Kier alpha value is -3.55. The molecule has 0 saturated carbocycles. The summed E-state index contributed by atoms with van der Waals surface area (Å²) in [6, 6.07) is 6.03. The SMILES string of the molecule is C[C@@]1(N)C(=O)OOCCCCCN1NC1=C(OC(=O)C(F)(F)F)C=CC2C(=O)c3ccccc3C(=O)C12. The van der Waals surface area contributed by atoms with Crippen LogP contribution in [0.1, 0.15) is 46.9 Å². The smallest absolute Gasteiger partial charge is 0.418 e. The number of rotatable bonds is 3. The second kappa shape index (κ2) is 10.1. The maximum Gasteiger partial charge on any atom is 0.491 e. The summed E-state index contributed by atoms with van der Waals surface area (Å²) in [5, 5.41) is 1.16. The lowest BCUT2D eigenvalue weighted by molar-refractivity contribution is -0.283. The highest BCUT2D eigenvalue weighted by Crippen LogP contribution is 2.40. The molecule has 0 amide bonds. The molecule has 1 aromatic carbocycles. The van der Waals surface area contributed by atoms with Crippen LogP contribution >= 0.6 is 0 Å². The highest BCUT2D eigenvalue weighted by atomic mass is 19.4. The number of nitrogens with two attached hydrogens (primary N) is 1. The second-order valence-electron chi connectivity index (χ2n) is 8.97. The first-order valence-electron chi connectivity index (χ1n) is 11.5. The van der Waals surface area contributed by atoms with Crippen molar-refractivity contribution in [2.75, 3.05) is 13.2 Å². The molecule has 0 bridgehead atoms. The van der Waals surface area contributed by atoms with Crippen LogP contribution in [0.4, 0.5) is 13.2 Å². The van der Waals surface area contributed by atoms with E-state index in [1.54, 1.807) is 12.1 Å². The lowest BCUT2D eigenvalue weighted by Crippen LogP contribution is -2.65. The van der Waals surface area contributed by atoms with E-state index in [1.165, 1.54) is 25.1 Å². The van der Waals surface area contributed by atoms with Crippen LogP contribution in [-0.2, 0) is 24.1 Å². The first kappa shape index (κ1) is 26.5. The number of allylic oxidation sites excluding steroid dienone is 3. The van der Waals surface area contributed by atoms with Gasteiger partial charge in [0.2, 0.25) is 0 Å². The minimum atomic E-state index is -5.33. The summed E-state index contributed by atoms with van der Waals surface area (Å²) in [5.41, 5.74) is 6.95. The zero-order chi connectivity index (χ0) is 27.0. The summed E-state index contributed by atoms with van der Waals surface area (Å²) in [7, 11) is 0. The Morgan fingerprint density at radius 1 is 1.14 bits per heavy atom. The van der Waals surface area contributed by atoms with Gasteiger partial charge in [-0.05, 0) is 32.3 Å². The number of ketones is 2. The van der Waals surface area contributed by atoms with Gasteiger partial charge in [0.15, 0.2) is 23.0 Å². The minimum absolute atomic E-state index is 0.0640. The predicted octanol–water partition coefficient (Wildman–Crippen LogP) is 2.33. The van der Waals surface area contributed by atoms with Gasteiger partial charge in [-0.25, -0.2) is 9.59 Å². The fourth-order valence-electron chi connectivity index (χ4n) is 4.34. The lowest BCUT2D eigenvalue weighted by Gasteiger charge is -2.41. The summed E-state index contributed by atoms with van der Waals surface area (Å²) in [5.74, 6) is -7.68. The van der Waals surface area contributed by atoms with E-state index in [-0.39, 0.29) is 30.0 Å². The summed E-state index contributed by atoms with van der Waals surface area (Å²) in [6.45, 7) is 1.52. The molecule has 1 aromatic rings. The summed E-state index contributed by atoms with van der Waals surface area (Å²) in [4.78, 5) is 60.7. The van der Waals surface area contributed by atoms with Crippen LogP contribution in [0.15, 0.2) is 47.9 Å². The van der Waals surface area contributed by atoms with Crippen LogP contribution in [0.2, 0.25) is 0 Å². The van der Waals surface area contributed by atoms with Crippen LogP contribution in [0.25, 0.3) is 0 Å². The average molecular weight is 523 g/mol. The Bertz CT molecular complexity index is 1190. The van der Waals surface area contributed by atoms with Crippen molar-refractivity contribution in [1.82, 2.24) is 10.4 Å². The molecular formula is C24H24F3N3O7. The van der Waals surface area contributed by atoms with Gasteiger partial charge in [-0.2, -0.15) is 23.1 Å². The third-order valence-electron chi connectivity index (χ3n) is 6.34. The van der Waals surface area contributed by atoms with E-state index in [0.29, 0.717) is 19.3 Å². The molecule has 3 aliphatic rings. The molecule has 4 rings (SSSR count). The fourth-order valence-corrected chi connectivity index (χ4v) is 4.34. The Kier molecular flexibility index (Phi) is 7.22. The van der Waals surface area contributed by atoms with Crippen molar-refractivity contribution in [3.05, 3.63) is 59.0 Å².